The summed E-state index contributed by atoms with van der Waals surface area (Å²) in [6.07, 6.45) is 9.73. The van der Waals surface area contributed by atoms with Crippen LogP contribution in [-0.4, -0.2) is 13.1 Å². The minimum atomic E-state index is -1.83. The molecule has 0 amide bonds. The molecular formula is C50H46N2S. The second-order valence-electron chi connectivity index (χ2n) is 15.2. The Bertz CT molecular complexity index is 2240. The molecule has 0 spiro atoms. The molecule has 10 rings (SSSR count). The van der Waals surface area contributed by atoms with Crippen molar-refractivity contribution >= 4 is 44.9 Å². The van der Waals surface area contributed by atoms with Gasteiger partial charge in [-0.3, -0.25) is 0 Å². The first-order valence-corrected chi connectivity index (χ1v) is 21.1. The molecule has 0 aromatic heterocycles. The molecular weight excluding hydrogens is 661 g/mol. The van der Waals surface area contributed by atoms with Crippen LogP contribution in [-0.2, 0) is 12.8 Å². The van der Waals surface area contributed by atoms with Crippen molar-refractivity contribution in [1.29, 1.82) is 0 Å². The molecule has 53 heavy (non-hydrogen) atoms. The van der Waals surface area contributed by atoms with Gasteiger partial charge in [0.2, 0.25) is 0 Å². The summed E-state index contributed by atoms with van der Waals surface area (Å²) in [4.78, 5) is 8.10. The zero-order valence-electron chi connectivity index (χ0n) is 30.7. The van der Waals surface area contributed by atoms with Gasteiger partial charge in [0.1, 0.15) is 0 Å². The fourth-order valence-electron chi connectivity index (χ4n) is 10.1. The lowest BCUT2D eigenvalue weighted by molar-refractivity contribution is 0.766. The summed E-state index contributed by atoms with van der Waals surface area (Å²) in [5.41, 5.74) is 17.0. The molecule has 0 fully saturated rings. The van der Waals surface area contributed by atoms with Gasteiger partial charge >= 0.3 is 0 Å². The largest absolute Gasteiger partial charge is 0.341 e. The van der Waals surface area contributed by atoms with Crippen molar-refractivity contribution in [2.75, 3.05) is 22.9 Å². The molecule has 2 atom stereocenters. The minimum Gasteiger partial charge on any atom is -0.341 e. The van der Waals surface area contributed by atoms with E-state index in [1.807, 2.05) is 0 Å². The van der Waals surface area contributed by atoms with Crippen molar-refractivity contribution in [2.45, 2.75) is 59.8 Å². The van der Waals surface area contributed by atoms with Gasteiger partial charge in [-0.05, 0) is 120 Å². The quantitative estimate of drug-likeness (QED) is 0.170. The number of fused-ring (bicyclic) bond motifs is 4. The minimum absolute atomic E-state index is 0.209. The Morgan fingerprint density at radius 1 is 0.434 bits per heavy atom. The summed E-state index contributed by atoms with van der Waals surface area (Å²) in [6.45, 7) is 6.92. The number of aryl methyl sites for hydroxylation is 2. The molecule has 0 saturated heterocycles. The number of benzene rings is 6. The number of rotatable bonds is 6. The highest BCUT2D eigenvalue weighted by molar-refractivity contribution is 8.34. The smallest absolute Gasteiger partial charge is 0.0487 e. The molecule has 0 bridgehead atoms. The Balaban J connectivity index is 1.21. The topological polar surface area (TPSA) is 6.48 Å². The lowest BCUT2D eigenvalue weighted by Crippen LogP contribution is -2.25. The highest BCUT2D eigenvalue weighted by atomic mass is 32.3. The Morgan fingerprint density at radius 2 is 0.830 bits per heavy atom. The van der Waals surface area contributed by atoms with Gasteiger partial charge in [0.05, 0.1) is 0 Å². The molecule has 0 radical (unpaired) electrons. The molecule has 3 heteroatoms. The summed E-state index contributed by atoms with van der Waals surface area (Å²) < 4.78 is 0. The SMILES string of the molecule is CC1=Cc2c(cccc2N2CCCc3ccccc32)C1S(c1ccccc1)(c1ccccc1)C1C(C)=Cc2c1cccc2N1CCCc2ccccc21. The average Bonchev–Trinajstić information content (AvgIpc) is 3.74. The zero-order valence-corrected chi connectivity index (χ0v) is 31.5. The summed E-state index contributed by atoms with van der Waals surface area (Å²) in [7, 11) is -1.83. The third-order valence-electron chi connectivity index (χ3n) is 12.2. The Morgan fingerprint density at radius 3 is 1.28 bits per heavy atom. The van der Waals surface area contributed by atoms with Crippen LogP contribution < -0.4 is 9.80 Å². The van der Waals surface area contributed by atoms with Crippen molar-refractivity contribution in [2.24, 2.45) is 0 Å². The van der Waals surface area contributed by atoms with E-state index >= 15 is 0 Å². The molecule has 6 aromatic carbocycles. The lowest BCUT2D eigenvalue weighted by atomic mass is 9.99. The molecule has 4 aliphatic rings. The van der Waals surface area contributed by atoms with E-state index in [-0.39, 0.29) is 10.5 Å². The molecule has 262 valence electrons. The summed E-state index contributed by atoms with van der Waals surface area (Å²) in [5, 5.41) is 0.418. The maximum atomic E-state index is 2.60. The molecule has 2 heterocycles. The second-order valence-corrected chi connectivity index (χ2v) is 18.5. The van der Waals surface area contributed by atoms with E-state index in [0.29, 0.717) is 0 Å². The third kappa shape index (κ3) is 5.01. The first-order chi connectivity index (χ1) is 26.1. The number of hydrogen-bond acceptors (Lipinski definition) is 2. The van der Waals surface area contributed by atoms with Gasteiger partial charge < -0.3 is 9.80 Å². The third-order valence-corrected chi connectivity index (χ3v) is 17.0. The Kier molecular flexibility index (Phi) is 7.95. The van der Waals surface area contributed by atoms with Gasteiger partial charge in [0.25, 0.3) is 0 Å². The van der Waals surface area contributed by atoms with Gasteiger partial charge in [0.15, 0.2) is 0 Å². The van der Waals surface area contributed by atoms with Crippen molar-refractivity contribution in [3.05, 3.63) is 190 Å². The highest BCUT2D eigenvalue weighted by Crippen LogP contribution is 2.84. The normalized spacial score (nSPS) is 19.1. The van der Waals surface area contributed by atoms with Gasteiger partial charge in [-0.15, -0.1) is 0 Å². The molecule has 2 unspecified atom stereocenters. The lowest BCUT2D eigenvalue weighted by Gasteiger charge is -2.52. The van der Waals surface area contributed by atoms with Crippen LogP contribution in [0.4, 0.5) is 22.7 Å². The maximum Gasteiger partial charge on any atom is 0.0487 e. The molecule has 0 saturated carbocycles. The molecule has 2 aliphatic carbocycles. The highest BCUT2D eigenvalue weighted by Gasteiger charge is 2.50. The zero-order chi connectivity index (χ0) is 35.5. The molecule has 0 N–H and O–H groups in total. The maximum absolute atomic E-state index is 2.60. The number of hydrogen-bond donors (Lipinski definition) is 0. The second kappa shape index (κ2) is 13.0. The number of anilines is 4. The monoisotopic (exact) mass is 706 g/mol. The number of para-hydroxylation sites is 2. The molecule has 2 aliphatic heterocycles. The van der Waals surface area contributed by atoms with E-state index in [4.69, 9.17) is 0 Å². The van der Waals surface area contributed by atoms with Crippen LogP contribution in [0.15, 0.2) is 167 Å². The summed E-state index contributed by atoms with van der Waals surface area (Å²) >= 11 is 0. The fourth-order valence-corrected chi connectivity index (χ4v) is 15.5. The summed E-state index contributed by atoms with van der Waals surface area (Å²) in [5.74, 6) is 0. The van der Waals surface area contributed by atoms with Crippen molar-refractivity contribution in [1.82, 2.24) is 0 Å². The van der Waals surface area contributed by atoms with Crippen LogP contribution in [0.3, 0.4) is 0 Å². The number of nitrogens with zero attached hydrogens (tertiary/aromatic N) is 2. The van der Waals surface area contributed by atoms with E-state index < -0.39 is 10.0 Å². The van der Waals surface area contributed by atoms with Gasteiger partial charge in [0, 0.05) is 57.5 Å². The molecule has 6 aromatic rings. The van der Waals surface area contributed by atoms with E-state index in [0.717, 1.165) is 25.9 Å². The summed E-state index contributed by atoms with van der Waals surface area (Å²) in [6, 6.07) is 55.6. The van der Waals surface area contributed by atoms with Gasteiger partial charge in [-0.1, -0.05) is 120 Å². The van der Waals surface area contributed by atoms with E-state index in [9.17, 15) is 0 Å². The van der Waals surface area contributed by atoms with Gasteiger partial charge in [-0.25, -0.2) is 0 Å². The standard InChI is InChI=1S/C50H46N2S/c1-35-33-43-41(25-13-29-47(43)51-31-15-19-37-17-9-11-27-45(37)51)49(35)53(39-21-5-3-6-22-39,40-23-7-4-8-24-40)50-36(2)34-44-42(50)26-14-30-48(44)52-32-16-20-38-18-10-12-28-46(38)52/h3-14,17-18,21-30,33-34,49-50H,15-16,19-20,31-32H2,1-2H3. The predicted octanol–water partition coefficient (Wildman–Crippen LogP) is 13.4. The Hall–Kier alpha value is -5.25. The van der Waals surface area contributed by atoms with E-state index in [2.05, 4.69) is 181 Å². The van der Waals surface area contributed by atoms with Crippen LogP contribution in [0.25, 0.3) is 12.2 Å². The van der Waals surface area contributed by atoms with Crippen LogP contribution in [0, 0.1) is 0 Å². The predicted molar refractivity (Wildman–Crippen MR) is 226 cm³/mol. The fraction of sp³-hybridized carbons (Fsp3) is 0.200. The average molecular weight is 707 g/mol. The van der Waals surface area contributed by atoms with Crippen molar-refractivity contribution in [3.8, 4) is 0 Å². The Labute approximate surface area is 316 Å². The van der Waals surface area contributed by atoms with E-state index in [1.54, 1.807) is 0 Å². The van der Waals surface area contributed by atoms with Crippen LogP contribution in [0.2, 0.25) is 0 Å². The first kappa shape index (κ1) is 32.4. The van der Waals surface area contributed by atoms with Crippen LogP contribution in [0.1, 0.15) is 70.6 Å². The van der Waals surface area contributed by atoms with Crippen LogP contribution >= 0.6 is 10.0 Å². The van der Waals surface area contributed by atoms with Crippen LogP contribution in [0.5, 0.6) is 0 Å². The molecule has 2 nitrogen and oxygen atoms in total. The van der Waals surface area contributed by atoms with Crippen molar-refractivity contribution in [3.63, 3.8) is 0 Å². The van der Waals surface area contributed by atoms with Gasteiger partial charge in [-0.2, -0.15) is 10.0 Å². The van der Waals surface area contributed by atoms with Crippen molar-refractivity contribution < 1.29 is 0 Å². The van der Waals surface area contributed by atoms with E-state index in [1.165, 1.54) is 89.9 Å². The first-order valence-electron chi connectivity index (χ1n) is 19.4.